The van der Waals surface area contributed by atoms with Gasteiger partial charge in [0.15, 0.2) is 0 Å². The van der Waals surface area contributed by atoms with Crippen molar-refractivity contribution >= 4 is 22.7 Å². The third-order valence-corrected chi connectivity index (χ3v) is 4.96. The molecular formula is C18H24N6O2. The first kappa shape index (κ1) is 16.8. The van der Waals surface area contributed by atoms with Crippen LogP contribution in [0.1, 0.15) is 38.4 Å². The monoisotopic (exact) mass is 356 g/mol. The zero-order chi connectivity index (χ0) is 18.5. The second-order valence-electron chi connectivity index (χ2n) is 7.22. The number of nitrogens with zero attached hydrogens (tertiary/aromatic N) is 5. The van der Waals surface area contributed by atoms with Gasteiger partial charge in [-0.2, -0.15) is 15.1 Å². The van der Waals surface area contributed by atoms with E-state index < -0.39 is 5.60 Å². The molecule has 8 nitrogen and oxygen atoms in total. The maximum Gasteiger partial charge on any atom is 0.232 e. The molecular weight excluding hydrogens is 332 g/mol. The van der Waals surface area contributed by atoms with Crippen LogP contribution in [0.2, 0.25) is 0 Å². The number of nitrogens with one attached hydrogen (secondary N) is 1. The van der Waals surface area contributed by atoms with Crippen molar-refractivity contribution in [1.82, 2.24) is 24.3 Å². The summed E-state index contributed by atoms with van der Waals surface area (Å²) >= 11 is 0. The van der Waals surface area contributed by atoms with Crippen molar-refractivity contribution in [2.75, 3.05) is 11.9 Å². The first-order chi connectivity index (χ1) is 12.4. The molecule has 0 spiro atoms. The van der Waals surface area contributed by atoms with Gasteiger partial charge in [0.05, 0.1) is 41.2 Å². The molecule has 1 aliphatic rings. The van der Waals surface area contributed by atoms with Crippen molar-refractivity contribution < 1.29 is 9.84 Å². The third-order valence-electron chi connectivity index (χ3n) is 4.96. The molecule has 3 heterocycles. The van der Waals surface area contributed by atoms with Crippen LogP contribution in [-0.2, 0) is 7.05 Å². The van der Waals surface area contributed by atoms with E-state index in [0.29, 0.717) is 18.4 Å². The summed E-state index contributed by atoms with van der Waals surface area (Å²) in [6, 6.07) is 2.19. The molecule has 2 N–H and O–H groups in total. The van der Waals surface area contributed by atoms with E-state index in [1.165, 1.54) is 0 Å². The maximum absolute atomic E-state index is 9.97. The van der Waals surface area contributed by atoms with Crippen LogP contribution in [0, 0.1) is 6.92 Å². The third kappa shape index (κ3) is 2.80. The number of aliphatic hydroxyl groups is 1. The van der Waals surface area contributed by atoms with Crippen LogP contribution in [0.15, 0.2) is 18.5 Å². The Labute approximate surface area is 151 Å². The summed E-state index contributed by atoms with van der Waals surface area (Å²) < 4.78 is 9.59. The maximum atomic E-state index is 9.97. The van der Waals surface area contributed by atoms with E-state index in [0.717, 1.165) is 35.3 Å². The Bertz CT molecular complexity index is 950. The summed E-state index contributed by atoms with van der Waals surface area (Å²) in [4.78, 5) is 9.13. The summed E-state index contributed by atoms with van der Waals surface area (Å²) in [5.74, 6) is 1.05. The highest BCUT2D eigenvalue weighted by molar-refractivity contribution is 5.83. The summed E-state index contributed by atoms with van der Waals surface area (Å²) in [5, 5.41) is 18.6. The topological polar surface area (TPSA) is 90.0 Å². The van der Waals surface area contributed by atoms with E-state index in [2.05, 4.69) is 20.4 Å². The predicted molar refractivity (Wildman–Crippen MR) is 98.8 cm³/mol. The Morgan fingerprint density at radius 3 is 2.85 bits per heavy atom. The molecule has 26 heavy (non-hydrogen) atoms. The Kier molecular flexibility index (Phi) is 3.87. The normalized spacial score (nSPS) is 22.4. The van der Waals surface area contributed by atoms with Crippen LogP contribution in [-0.4, -0.2) is 41.6 Å². The van der Waals surface area contributed by atoms with Crippen LogP contribution in [0.25, 0.3) is 11.0 Å². The summed E-state index contributed by atoms with van der Waals surface area (Å²) in [6.07, 6.45) is 5.16. The average molecular weight is 356 g/mol. The molecule has 1 fully saturated rings. The van der Waals surface area contributed by atoms with E-state index in [1.54, 1.807) is 6.20 Å². The van der Waals surface area contributed by atoms with E-state index >= 15 is 0 Å². The zero-order valence-electron chi connectivity index (χ0n) is 15.5. The lowest BCUT2D eigenvalue weighted by Crippen LogP contribution is -2.42. The lowest BCUT2D eigenvalue weighted by molar-refractivity contribution is -0.0548. The summed E-state index contributed by atoms with van der Waals surface area (Å²) in [6.45, 7) is 6.34. The molecule has 3 aromatic rings. The van der Waals surface area contributed by atoms with Crippen molar-refractivity contribution in [2.24, 2.45) is 7.05 Å². The van der Waals surface area contributed by atoms with Gasteiger partial charge in [-0.15, -0.1) is 0 Å². The van der Waals surface area contributed by atoms with Crippen molar-refractivity contribution in [3.05, 3.63) is 24.2 Å². The van der Waals surface area contributed by atoms with Gasteiger partial charge in [-0.3, -0.25) is 4.68 Å². The molecule has 4 rings (SSSR count). The largest absolute Gasteiger partial charge is 0.477 e. The van der Waals surface area contributed by atoms with Crippen molar-refractivity contribution in [3.63, 3.8) is 0 Å². The second kappa shape index (κ2) is 5.98. The van der Waals surface area contributed by atoms with Crippen LogP contribution < -0.4 is 10.1 Å². The Morgan fingerprint density at radius 1 is 1.38 bits per heavy atom. The lowest BCUT2D eigenvalue weighted by Gasteiger charge is -2.41. The van der Waals surface area contributed by atoms with E-state index in [9.17, 15) is 5.11 Å². The lowest BCUT2D eigenvalue weighted by atomic mass is 9.77. The van der Waals surface area contributed by atoms with Crippen LogP contribution >= 0.6 is 0 Å². The van der Waals surface area contributed by atoms with Crippen molar-refractivity contribution in [2.45, 2.75) is 45.3 Å². The fourth-order valence-electron chi connectivity index (χ4n) is 3.57. The van der Waals surface area contributed by atoms with E-state index in [4.69, 9.17) is 4.74 Å². The first-order valence-electron chi connectivity index (χ1n) is 8.87. The molecule has 0 unspecified atom stereocenters. The number of anilines is 2. The van der Waals surface area contributed by atoms with Gasteiger partial charge in [0.25, 0.3) is 0 Å². The number of ether oxygens (including phenoxy) is 1. The van der Waals surface area contributed by atoms with Gasteiger partial charge in [-0.05, 0) is 39.7 Å². The first-order valence-corrected chi connectivity index (χ1v) is 8.87. The molecule has 0 bridgehead atoms. The number of aryl methyl sites for hydroxylation is 1. The van der Waals surface area contributed by atoms with E-state index in [-0.39, 0.29) is 6.04 Å². The highest BCUT2D eigenvalue weighted by Crippen LogP contribution is 2.41. The predicted octanol–water partition coefficient (Wildman–Crippen LogP) is 2.70. The highest BCUT2D eigenvalue weighted by Gasteiger charge is 2.40. The summed E-state index contributed by atoms with van der Waals surface area (Å²) in [7, 11) is 1.95. The second-order valence-corrected chi connectivity index (χ2v) is 7.22. The Hall–Kier alpha value is -2.61. The fraction of sp³-hybridized carbons (Fsp3) is 0.500. The molecule has 0 saturated heterocycles. The molecule has 1 aliphatic carbocycles. The summed E-state index contributed by atoms with van der Waals surface area (Å²) in [5.41, 5.74) is 2.08. The van der Waals surface area contributed by atoms with Gasteiger partial charge in [-0.25, -0.2) is 0 Å². The average Bonchev–Trinajstić information content (AvgIpc) is 3.10. The molecule has 0 amide bonds. The van der Waals surface area contributed by atoms with Gasteiger partial charge in [-0.1, -0.05) is 0 Å². The Morgan fingerprint density at radius 2 is 2.15 bits per heavy atom. The molecule has 0 atom stereocenters. The smallest absolute Gasteiger partial charge is 0.232 e. The molecule has 1 saturated carbocycles. The van der Waals surface area contributed by atoms with E-state index in [1.807, 2.05) is 49.3 Å². The number of hydrogen-bond donors (Lipinski definition) is 2. The van der Waals surface area contributed by atoms with Gasteiger partial charge in [0, 0.05) is 13.2 Å². The van der Waals surface area contributed by atoms with Gasteiger partial charge in [0.2, 0.25) is 11.8 Å². The van der Waals surface area contributed by atoms with Crippen molar-refractivity contribution in [3.8, 4) is 5.88 Å². The molecule has 138 valence electrons. The molecule has 8 heteroatoms. The number of aromatic nitrogens is 5. The van der Waals surface area contributed by atoms with Crippen molar-refractivity contribution in [1.29, 1.82) is 0 Å². The minimum absolute atomic E-state index is 0.232. The molecule has 3 aromatic heterocycles. The highest BCUT2D eigenvalue weighted by atomic mass is 16.5. The molecule has 0 radical (unpaired) electrons. The van der Waals surface area contributed by atoms with Crippen LogP contribution in [0.3, 0.4) is 0 Å². The standard InChI is InChI=1S/C18H24N6O2/c1-5-26-16-13-6-7-23(4)15(13)21-17(22-16)20-14-10-19-24(11(14)2)12-8-18(3,25)9-12/h6-7,10,12,25H,5,8-9H2,1-4H3,(H,20,21,22). The van der Waals surface area contributed by atoms with Gasteiger partial charge in [0.1, 0.15) is 5.65 Å². The van der Waals surface area contributed by atoms with Gasteiger partial charge < -0.3 is 19.7 Å². The minimum Gasteiger partial charge on any atom is -0.477 e. The number of hydrogen-bond acceptors (Lipinski definition) is 6. The van der Waals surface area contributed by atoms with Crippen LogP contribution in [0.5, 0.6) is 5.88 Å². The fourth-order valence-corrected chi connectivity index (χ4v) is 3.57. The SMILES string of the molecule is CCOc1nc(Nc2cnn(C3CC(C)(O)C3)c2C)nc2c1ccn2C. The number of fused-ring (bicyclic) bond motifs is 1. The molecule has 0 aliphatic heterocycles. The van der Waals surface area contributed by atoms with Gasteiger partial charge >= 0.3 is 0 Å². The zero-order valence-corrected chi connectivity index (χ0v) is 15.5. The quantitative estimate of drug-likeness (QED) is 0.730. The Balaban J connectivity index is 1.63. The number of rotatable bonds is 5. The van der Waals surface area contributed by atoms with Crippen LogP contribution in [0.4, 0.5) is 11.6 Å². The minimum atomic E-state index is -0.580. The molecule has 0 aromatic carbocycles.